The van der Waals surface area contributed by atoms with E-state index in [4.69, 9.17) is 4.74 Å². The molecule has 4 heteroatoms. The predicted octanol–water partition coefficient (Wildman–Crippen LogP) is 3.75. The number of benzene rings is 1. The van der Waals surface area contributed by atoms with Gasteiger partial charge < -0.3 is 9.64 Å². The lowest BCUT2D eigenvalue weighted by Crippen LogP contribution is -2.17. The van der Waals surface area contributed by atoms with Crippen LogP contribution in [-0.4, -0.2) is 23.1 Å². The zero-order valence-corrected chi connectivity index (χ0v) is 12.0. The summed E-state index contributed by atoms with van der Waals surface area (Å²) in [6.45, 7) is 2.28. The van der Waals surface area contributed by atoms with Crippen LogP contribution in [0.1, 0.15) is 37.4 Å². The summed E-state index contributed by atoms with van der Waals surface area (Å²) >= 11 is 0. The SMILES string of the molecule is c1cc(Oc2cnc(C3CC3)nc2)cc(N2CCCC2)c1. The summed E-state index contributed by atoms with van der Waals surface area (Å²) in [5.41, 5.74) is 1.24. The molecule has 2 aromatic rings. The van der Waals surface area contributed by atoms with Crippen LogP contribution in [0.3, 0.4) is 0 Å². The van der Waals surface area contributed by atoms with Gasteiger partial charge in [-0.1, -0.05) is 6.07 Å². The van der Waals surface area contributed by atoms with Crippen molar-refractivity contribution in [2.45, 2.75) is 31.6 Å². The van der Waals surface area contributed by atoms with Gasteiger partial charge in [-0.05, 0) is 37.8 Å². The molecule has 108 valence electrons. The van der Waals surface area contributed by atoms with Crippen LogP contribution < -0.4 is 9.64 Å². The molecule has 0 N–H and O–H groups in total. The lowest BCUT2D eigenvalue weighted by molar-refractivity contribution is 0.476. The van der Waals surface area contributed by atoms with Gasteiger partial charge in [0.15, 0.2) is 5.75 Å². The van der Waals surface area contributed by atoms with Crippen LogP contribution >= 0.6 is 0 Å². The number of nitrogens with zero attached hydrogens (tertiary/aromatic N) is 3. The first kappa shape index (κ1) is 12.6. The second-order valence-electron chi connectivity index (χ2n) is 5.84. The molecule has 0 bridgehead atoms. The Morgan fingerprint density at radius 1 is 1.00 bits per heavy atom. The fourth-order valence-electron chi connectivity index (χ4n) is 2.79. The van der Waals surface area contributed by atoms with E-state index in [0.29, 0.717) is 11.7 Å². The monoisotopic (exact) mass is 281 g/mol. The number of hydrogen-bond donors (Lipinski definition) is 0. The van der Waals surface area contributed by atoms with Gasteiger partial charge in [-0.3, -0.25) is 0 Å². The average molecular weight is 281 g/mol. The van der Waals surface area contributed by atoms with Gasteiger partial charge >= 0.3 is 0 Å². The summed E-state index contributed by atoms with van der Waals surface area (Å²) in [5.74, 6) is 3.09. The van der Waals surface area contributed by atoms with Crippen LogP contribution in [0, 0.1) is 0 Å². The second-order valence-corrected chi connectivity index (χ2v) is 5.84. The maximum absolute atomic E-state index is 5.88. The lowest BCUT2D eigenvalue weighted by atomic mass is 10.3. The van der Waals surface area contributed by atoms with E-state index in [2.05, 4.69) is 27.0 Å². The van der Waals surface area contributed by atoms with Crippen molar-refractivity contribution in [1.29, 1.82) is 0 Å². The highest BCUT2D eigenvalue weighted by molar-refractivity contribution is 5.51. The van der Waals surface area contributed by atoms with E-state index in [1.807, 2.05) is 12.1 Å². The highest BCUT2D eigenvalue weighted by Crippen LogP contribution is 2.38. The molecule has 1 aromatic carbocycles. The molecule has 4 nitrogen and oxygen atoms in total. The molecule has 0 spiro atoms. The molecule has 1 saturated heterocycles. The molecule has 1 aliphatic carbocycles. The number of anilines is 1. The highest BCUT2D eigenvalue weighted by Gasteiger charge is 2.26. The maximum Gasteiger partial charge on any atom is 0.164 e. The van der Waals surface area contributed by atoms with Crippen LogP contribution in [0.2, 0.25) is 0 Å². The summed E-state index contributed by atoms with van der Waals surface area (Å²) in [5, 5.41) is 0. The van der Waals surface area contributed by atoms with E-state index in [-0.39, 0.29) is 0 Å². The van der Waals surface area contributed by atoms with Crippen molar-refractivity contribution in [3.63, 3.8) is 0 Å². The third-order valence-corrected chi connectivity index (χ3v) is 4.12. The van der Waals surface area contributed by atoms with Crippen molar-refractivity contribution in [1.82, 2.24) is 9.97 Å². The Hall–Kier alpha value is -2.10. The van der Waals surface area contributed by atoms with Crippen LogP contribution in [0.4, 0.5) is 5.69 Å². The molecule has 2 aliphatic rings. The third kappa shape index (κ3) is 2.84. The van der Waals surface area contributed by atoms with Crippen molar-refractivity contribution in [3.8, 4) is 11.5 Å². The average Bonchev–Trinajstić information content (AvgIpc) is 3.23. The maximum atomic E-state index is 5.88. The summed E-state index contributed by atoms with van der Waals surface area (Å²) in [4.78, 5) is 11.2. The lowest BCUT2D eigenvalue weighted by Gasteiger charge is -2.18. The van der Waals surface area contributed by atoms with Gasteiger partial charge in [0, 0.05) is 30.8 Å². The van der Waals surface area contributed by atoms with Gasteiger partial charge in [0.1, 0.15) is 11.6 Å². The summed E-state index contributed by atoms with van der Waals surface area (Å²) < 4.78 is 5.88. The molecule has 21 heavy (non-hydrogen) atoms. The summed E-state index contributed by atoms with van der Waals surface area (Å²) in [6, 6.07) is 8.27. The molecular weight excluding hydrogens is 262 g/mol. The van der Waals surface area contributed by atoms with Crippen molar-refractivity contribution >= 4 is 5.69 Å². The Morgan fingerprint density at radius 2 is 1.76 bits per heavy atom. The van der Waals surface area contributed by atoms with E-state index >= 15 is 0 Å². The van der Waals surface area contributed by atoms with Gasteiger partial charge in [0.2, 0.25) is 0 Å². The fraction of sp³-hybridized carbons (Fsp3) is 0.412. The Labute approximate surface area is 124 Å². The molecule has 1 saturated carbocycles. The number of hydrogen-bond acceptors (Lipinski definition) is 4. The standard InChI is InChI=1S/C17H19N3O/c1-2-9-20(8-1)14-4-3-5-15(10-14)21-16-11-18-17(19-12-16)13-6-7-13/h3-5,10-13H,1-2,6-9H2. The Balaban J connectivity index is 1.49. The van der Waals surface area contributed by atoms with Gasteiger partial charge in [0.05, 0.1) is 12.4 Å². The zero-order chi connectivity index (χ0) is 14.1. The largest absolute Gasteiger partial charge is 0.454 e. The van der Waals surface area contributed by atoms with Crippen molar-refractivity contribution in [2.75, 3.05) is 18.0 Å². The molecule has 2 heterocycles. The quantitative estimate of drug-likeness (QED) is 0.855. The smallest absolute Gasteiger partial charge is 0.164 e. The first-order valence-electron chi connectivity index (χ1n) is 7.73. The van der Waals surface area contributed by atoms with E-state index in [9.17, 15) is 0 Å². The molecule has 0 atom stereocenters. The van der Waals surface area contributed by atoms with E-state index < -0.39 is 0 Å². The normalized spacial score (nSPS) is 18.0. The minimum atomic E-state index is 0.581. The van der Waals surface area contributed by atoms with Gasteiger partial charge in [0.25, 0.3) is 0 Å². The van der Waals surface area contributed by atoms with Gasteiger partial charge in [-0.15, -0.1) is 0 Å². The fourth-order valence-corrected chi connectivity index (χ4v) is 2.79. The molecule has 1 aliphatic heterocycles. The minimum Gasteiger partial charge on any atom is -0.454 e. The summed E-state index contributed by atoms with van der Waals surface area (Å²) in [7, 11) is 0. The van der Waals surface area contributed by atoms with Crippen molar-refractivity contribution in [3.05, 3.63) is 42.5 Å². The third-order valence-electron chi connectivity index (χ3n) is 4.12. The molecular formula is C17H19N3O. The number of aromatic nitrogens is 2. The second kappa shape index (κ2) is 5.35. The molecule has 2 fully saturated rings. The van der Waals surface area contributed by atoms with E-state index in [0.717, 1.165) is 24.7 Å². The van der Waals surface area contributed by atoms with Gasteiger partial charge in [-0.2, -0.15) is 0 Å². The van der Waals surface area contributed by atoms with E-state index in [1.165, 1.54) is 31.4 Å². The van der Waals surface area contributed by atoms with Crippen molar-refractivity contribution in [2.24, 2.45) is 0 Å². The van der Waals surface area contributed by atoms with E-state index in [1.54, 1.807) is 12.4 Å². The van der Waals surface area contributed by atoms with Crippen LogP contribution in [0.25, 0.3) is 0 Å². The molecule has 0 amide bonds. The topological polar surface area (TPSA) is 38.3 Å². The van der Waals surface area contributed by atoms with Crippen LogP contribution in [-0.2, 0) is 0 Å². The van der Waals surface area contributed by atoms with Crippen LogP contribution in [0.15, 0.2) is 36.7 Å². The minimum absolute atomic E-state index is 0.581. The first-order valence-corrected chi connectivity index (χ1v) is 7.73. The highest BCUT2D eigenvalue weighted by atomic mass is 16.5. The Kier molecular flexibility index (Phi) is 3.22. The van der Waals surface area contributed by atoms with Crippen LogP contribution in [0.5, 0.6) is 11.5 Å². The Bertz CT molecular complexity index is 616. The number of ether oxygens (including phenoxy) is 1. The Morgan fingerprint density at radius 3 is 2.48 bits per heavy atom. The summed E-state index contributed by atoms with van der Waals surface area (Å²) in [6.07, 6.45) is 8.56. The first-order chi connectivity index (χ1) is 10.4. The molecule has 1 aromatic heterocycles. The molecule has 0 radical (unpaired) electrons. The van der Waals surface area contributed by atoms with Gasteiger partial charge in [-0.25, -0.2) is 9.97 Å². The van der Waals surface area contributed by atoms with Crippen molar-refractivity contribution < 1.29 is 4.74 Å². The predicted molar refractivity (Wildman–Crippen MR) is 82.0 cm³/mol. The number of rotatable bonds is 4. The zero-order valence-electron chi connectivity index (χ0n) is 12.0. The molecule has 4 rings (SSSR count). The molecule has 0 unspecified atom stereocenters.